The number of nitrogens with two attached hydrogens (primary N) is 3. The van der Waals surface area contributed by atoms with E-state index in [2.05, 4.69) is 85.9 Å². The lowest BCUT2D eigenvalue weighted by molar-refractivity contribution is -0.120. The Morgan fingerprint density at radius 2 is 0.963 bits per heavy atom. The maximum absolute atomic E-state index is 12.3. The van der Waals surface area contributed by atoms with E-state index >= 15 is 0 Å². The van der Waals surface area contributed by atoms with Gasteiger partial charge in [0.1, 0.15) is 17.5 Å². The molecule has 0 unspecified atom stereocenters. The first kappa shape index (κ1) is 53.8. The highest BCUT2D eigenvalue weighted by molar-refractivity contribution is 6.06. The third-order valence-electron chi connectivity index (χ3n) is 15.8. The molecule has 2 saturated heterocycles. The first-order chi connectivity index (χ1) is 38.3. The molecule has 5 aliphatic rings. The Kier molecular flexibility index (Phi) is 14.6. The summed E-state index contributed by atoms with van der Waals surface area (Å²) in [5.74, 6) is 0.138. The topological polar surface area (TPSA) is 321 Å². The zero-order valence-electron chi connectivity index (χ0n) is 45.0. The molecule has 2 aliphatic heterocycles. The lowest BCUT2D eigenvalue weighted by Gasteiger charge is -2.18. The number of carbonyl (C=O) groups is 5. The largest absolute Gasteiger partial charge is 0.398 e. The monoisotopic (exact) mass is 1070 g/mol. The minimum atomic E-state index is -0.252. The van der Waals surface area contributed by atoms with E-state index in [1.807, 2.05) is 45.2 Å². The van der Waals surface area contributed by atoms with Gasteiger partial charge in [-0.2, -0.15) is 15.8 Å². The van der Waals surface area contributed by atoms with E-state index < -0.39 is 0 Å². The van der Waals surface area contributed by atoms with E-state index in [0.29, 0.717) is 72.8 Å². The number of amides is 5. The Balaban J connectivity index is 0.000000135. The van der Waals surface area contributed by atoms with Gasteiger partial charge in [0, 0.05) is 113 Å². The van der Waals surface area contributed by atoms with Crippen LogP contribution >= 0.6 is 0 Å². The molecule has 9 N–H and O–H groups in total. The average Bonchev–Trinajstić information content (AvgIpc) is 4.40. The molecular weight excluding hydrogens is 1010 g/mol. The van der Waals surface area contributed by atoms with Gasteiger partial charge in [-0.25, -0.2) is 15.0 Å². The number of nitrogens with one attached hydrogen (secondary N) is 3. The van der Waals surface area contributed by atoms with Gasteiger partial charge >= 0.3 is 0 Å². The number of rotatable bonds is 10. The maximum Gasteiger partial charge on any atom is 0.230 e. The van der Waals surface area contributed by atoms with Crippen LogP contribution < -0.4 is 43.0 Å². The van der Waals surface area contributed by atoms with E-state index in [0.717, 1.165) is 67.7 Å². The molecule has 20 nitrogen and oxygen atoms in total. The van der Waals surface area contributed by atoms with Gasteiger partial charge in [0.25, 0.3) is 0 Å². The van der Waals surface area contributed by atoms with E-state index in [1.165, 1.54) is 5.69 Å². The van der Waals surface area contributed by atoms with Gasteiger partial charge in [-0.1, -0.05) is 27.7 Å². The van der Waals surface area contributed by atoms with Gasteiger partial charge in [0.2, 0.25) is 29.5 Å². The summed E-state index contributed by atoms with van der Waals surface area (Å²) in [5, 5.41) is 39.9. The highest BCUT2D eigenvalue weighted by Gasteiger charge is 2.45. The van der Waals surface area contributed by atoms with E-state index in [1.54, 1.807) is 52.7 Å². The van der Waals surface area contributed by atoms with Crippen molar-refractivity contribution in [3.05, 3.63) is 91.1 Å². The standard InChI is InChI=1S/C22H23N5O.2C19H19N5O2/c1-12(2)21-16(4-5-27(21)3)13-6-14-9-20(25-11-18(14)19(24)8-13)26-22(28)17-7-15(17)10-23;2*1-10-2-3-24(19(10)26)13-4-11-6-17(22-9-15(11)16(21)7-13)23-18(25)14-5-12(14)8-20/h4-6,8-9,11-12,15,17H,7,24H2,1-3H3,(H,25,26,28);2*4,6-7,9-10,12,14H,2-3,5,21H2,1H3,(H,22,23,25)/t15-,17+;10-,12+,14-;10-,12-,14+/m001/s1. The Morgan fingerprint density at radius 1 is 0.588 bits per heavy atom. The number of aryl methyl sites for hydroxylation is 1. The third kappa shape index (κ3) is 11.0. The van der Waals surface area contributed by atoms with Crippen molar-refractivity contribution in [1.82, 2.24) is 19.5 Å². The van der Waals surface area contributed by atoms with Crippen LogP contribution in [0.3, 0.4) is 0 Å². The number of hydrogen-bond acceptors (Lipinski definition) is 14. The molecule has 20 heteroatoms. The second-order valence-corrected chi connectivity index (χ2v) is 21.9. The molecule has 406 valence electrons. The summed E-state index contributed by atoms with van der Waals surface area (Å²) in [4.78, 5) is 77.4. The number of nitriles is 3. The molecule has 5 fully saturated rings. The number of carbonyl (C=O) groups excluding carboxylic acids is 5. The van der Waals surface area contributed by atoms with Gasteiger partial charge in [-0.05, 0) is 120 Å². The molecule has 12 rings (SSSR count). The van der Waals surface area contributed by atoms with E-state index in [9.17, 15) is 24.0 Å². The van der Waals surface area contributed by atoms with E-state index in [-0.39, 0.29) is 76.9 Å². The molecule has 8 atom stereocenters. The predicted molar refractivity (Wildman–Crippen MR) is 307 cm³/mol. The van der Waals surface area contributed by atoms with Crippen molar-refractivity contribution in [2.24, 2.45) is 54.4 Å². The fraction of sp³-hybridized carbons (Fsp3) is 0.350. The zero-order valence-corrected chi connectivity index (χ0v) is 45.0. The molecule has 3 aromatic carbocycles. The van der Waals surface area contributed by atoms with Crippen LogP contribution in [0.15, 0.2) is 85.5 Å². The number of nitrogens with zero attached hydrogens (tertiary/aromatic N) is 9. The fourth-order valence-electron chi connectivity index (χ4n) is 10.7. The first-order valence-electron chi connectivity index (χ1n) is 26.8. The summed E-state index contributed by atoms with van der Waals surface area (Å²) in [6.07, 6.45) is 10.5. The fourth-order valence-corrected chi connectivity index (χ4v) is 10.7. The summed E-state index contributed by atoms with van der Waals surface area (Å²) in [7, 11) is 2.05. The van der Waals surface area contributed by atoms with Gasteiger partial charge < -0.3 is 47.5 Å². The van der Waals surface area contributed by atoms with Gasteiger partial charge in [-0.3, -0.25) is 24.0 Å². The van der Waals surface area contributed by atoms with Gasteiger partial charge in [-0.15, -0.1) is 0 Å². The van der Waals surface area contributed by atoms with Crippen molar-refractivity contribution in [3.8, 4) is 29.3 Å². The number of pyridine rings is 3. The van der Waals surface area contributed by atoms with Crippen molar-refractivity contribution >= 4 is 108 Å². The summed E-state index contributed by atoms with van der Waals surface area (Å²) < 4.78 is 2.14. The molecular formula is C60H61N15O5. The second kappa shape index (κ2) is 21.7. The SMILES string of the molecule is CC(C)c1c(-c2cc(N)c3cnc(NC(=O)[C@@H]4C[C@H]4C#N)cc3c2)ccn1C.C[C@@H]1CCN(c2cc(N)c3cnc(NC(=O)[C@H]4C[C@@H]4C#N)cc3c2)C1=O.C[C@H]1CCN(c2cc(N)c3cnc(NC(=O)[C@H]4C[C@@H]4C#N)cc3c2)C1=O. The van der Waals surface area contributed by atoms with Crippen LogP contribution in [-0.4, -0.2) is 62.1 Å². The Hall–Kier alpha value is -9.61. The Bertz CT molecular complexity index is 3680. The van der Waals surface area contributed by atoms with Crippen molar-refractivity contribution < 1.29 is 24.0 Å². The number of benzene rings is 3. The third-order valence-corrected chi connectivity index (χ3v) is 15.8. The quantitative estimate of drug-likeness (QED) is 0.0699. The smallest absolute Gasteiger partial charge is 0.230 e. The summed E-state index contributed by atoms with van der Waals surface area (Å²) in [6, 6.07) is 25.2. The van der Waals surface area contributed by atoms with Crippen LogP contribution in [0.5, 0.6) is 0 Å². The predicted octanol–water partition coefficient (Wildman–Crippen LogP) is 8.62. The van der Waals surface area contributed by atoms with Crippen molar-refractivity contribution in [3.63, 3.8) is 0 Å². The van der Waals surface area contributed by atoms with Crippen LogP contribution in [0.2, 0.25) is 0 Å². The number of hydrogen-bond donors (Lipinski definition) is 6. The molecule has 7 aromatic rings. The number of aromatic nitrogens is 4. The van der Waals surface area contributed by atoms with Crippen LogP contribution in [-0.2, 0) is 31.0 Å². The van der Waals surface area contributed by atoms with Gasteiger partial charge in [0.15, 0.2) is 0 Å². The summed E-state index contributed by atoms with van der Waals surface area (Å²) in [6.45, 7) is 9.56. The highest BCUT2D eigenvalue weighted by Crippen LogP contribution is 2.42. The summed E-state index contributed by atoms with van der Waals surface area (Å²) in [5.41, 5.74) is 25.3. The summed E-state index contributed by atoms with van der Waals surface area (Å²) >= 11 is 0. The molecule has 6 heterocycles. The van der Waals surface area contributed by atoms with E-state index in [4.69, 9.17) is 33.0 Å². The number of nitrogen functional groups attached to an aromatic ring is 3. The first-order valence-corrected chi connectivity index (χ1v) is 26.8. The average molecular weight is 1070 g/mol. The molecule has 0 bridgehead atoms. The van der Waals surface area contributed by atoms with Crippen molar-refractivity contribution in [2.45, 2.75) is 65.7 Å². The lowest BCUT2D eigenvalue weighted by Crippen LogP contribution is -2.26. The molecule has 80 heavy (non-hydrogen) atoms. The molecule has 3 saturated carbocycles. The Morgan fingerprint density at radius 3 is 1.30 bits per heavy atom. The van der Waals surface area contributed by atoms with Crippen LogP contribution in [0, 0.1) is 81.3 Å². The zero-order chi connectivity index (χ0) is 56.8. The molecule has 3 aliphatic carbocycles. The maximum atomic E-state index is 12.3. The number of fused-ring (bicyclic) bond motifs is 3. The molecule has 0 radical (unpaired) electrons. The molecule has 4 aromatic heterocycles. The minimum absolute atomic E-state index is 0.0193. The minimum Gasteiger partial charge on any atom is -0.398 e. The van der Waals surface area contributed by atoms with Crippen molar-refractivity contribution in [1.29, 1.82) is 15.8 Å². The van der Waals surface area contributed by atoms with Crippen molar-refractivity contribution in [2.75, 3.05) is 56.0 Å². The van der Waals surface area contributed by atoms with Crippen LogP contribution in [0.4, 0.5) is 45.9 Å². The normalized spacial score (nSPS) is 22.3. The molecule has 0 spiro atoms. The van der Waals surface area contributed by atoms with Gasteiger partial charge in [0.05, 0.1) is 53.7 Å². The van der Waals surface area contributed by atoms with Crippen LogP contribution in [0.1, 0.15) is 71.4 Å². The van der Waals surface area contributed by atoms with Crippen LogP contribution in [0.25, 0.3) is 43.4 Å². The molecule has 5 amide bonds. The lowest BCUT2D eigenvalue weighted by atomic mass is 9.97. The highest BCUT2D eigenvalue weighted by atomic mass is 16.2. The number of anilines is 8. The Labute approximate surface area is 461 Å². The second-order valence-electron chi connectivity index (χ2n) is 21.9.